The summed E-state index contributed by atoms with van der Waals surface area (Å²) in [5.41, 5.74) is 0.462. The molecule has 0 aromatic rings. The van der Waals surface area contributed by atoms with E-state index < -0.39 is 0 Å². The van der Waals surface area contributed by atoms with E-state index in [4.69, 9.17) is 0 Å². The van der Waals surface area contributed by atoms with Crippen LogP contribution in [0.1, 0.15) is 46.5 Å². The molecular weight excluding hydrogens is 198 g/mol. The lowest BCUT2D eigenvalue weighted by molar-refractivity contribution is -0.126. The smallest absolute Gasteiger partial charge is 0.137 e. The van der Waals surface area contributed by atoms with Crippen LogP contribution in [0.5, 0.6) is 0 Å². The third-order valence-corrected chi connectivity index (χ3v) is 4.26. The van der Waals surface area contributed by atoms with Gasteiger partial charge in [0.15, 0.2) is 0 Å². The van der Waals surface area contributed by atoms with Gasteiger partial charge in [-0.1, -0.05) is 20.8 Å². The highest BCUT2D eigenvalue weighted by Gasteiger charge is 2.33. The van der Waals surface area contributed by atoms with Gasteiger partial charge in [0.2, 0.25) is 0 Å². The zero-order valence-corrected chi connectivity index (χ0v) is 11.0. The van der Waals surface area contributed by atoms with Gasteiger partial charge in [0.05, 0.1) is 0 Å². The topological polar surface area (TPSA) is 20.3 Å². The maximum atomic E-state index is 11.9. The van der Waals surface area contributed by atoms with Crippen molar-refractivity contribution in [3.05, 3.63) is 0 Å². The first kappa shape index (κ1) is 12.1. The molecule has 1 aliphatic carbocycles. The molecule has 2 atom stereocenters. The zero-order chi connectivity index (χ0) is 11.8. The summed E-state index contributed by atoms with van der Waals surface area (Å²) in [5, 5.41) is 0. The van der Waals surface area contributed by atoms with Crippen molar-refractivity contribution in [2.75, 3.05) is 19.6 Å². The Hall–Kier alpha value is -0.370. The summed E-state index contributed by atoms with van der Waals surface area (Å²) in [6, 6.07) is 0. The first-order valence-electron chi connectivity index (χ1n) is 6.71. The molecule has 0 radical (unpaired) electrons. The number of carbonyl (C=O) groups excluding carboxylic acids is 1. The van der Waals surface area contributed by atoms with Crippen LogP contribution in [0, 0.1) is 17.3 Å². The molecule has 16 heavy (non-hydrogen) atoms. The molecule has 0 aromatic carbocycles. The van der Waals surface area contributed by atoms with Crippen LogP contribution in [0.2, 0.25) is 0 Å². The van der Waals surface area contributed by atoms with Crippen LogP contribution in [0.3, 0.4) is 0 Å². The molecule has 1 saturated carbocycles. The highest BCUT2D eigenvalue weighted by atomic mass is 16.1. The second-order valence-corrected chi connectivity index (χ2v) is 6.69. The molecule has 1 saturated heterocycles. The molecule has 0 amide bonds. The van der Waals surface area contributed by atoms with Crippen LogP contribution in [-0.4, -0.2) is 30.3 Å². The average Bonchev–Trinajstić information content (AvgIpc) is 2.52. The molecule has 2 fully saturated rings. The maximum absolute atomic E-state index is 11.9. The van der Waals surface area contributed by atoms with Crippen molar-refractivity contribution in [2.45, 2.75) is 46.5 Å². The minimum atomic E-state index is 0.331. The Balaban J connectivity index is 1.87. The standard InChI is InChI=1S/C14H25NO/c1-11-4-5-13(16)12(8-11)9-15-7-6-14(2,3)10-15/h11-12H,4-10H2,1-3H3. The average molecular weight is 223 g/mol. The third-order valence-electron chi connectivity index (χ3n) is 4.26. The number of rotatable bonds is 2. The monoisotopic (exact) mass is 223 g/mol. The van der Waals surface area contributed by atoms with E-state index in [0.29, 0.717) is 17.1 Å². The minimum absolute atomic E-state index is 0.331. The Morgan fingerprint density at radius 2 is 2.19 bits per heavy atom. The van der Waals surface area contributed by atoms with Gasteiger partial charge in [-0.15, -0.1) is 0 Å². The molecule has 92 valence electrons. The Morgan fingerprint density at radius 1 is 1.44 bits per heavy atom. The van der Waals surface area contributed by atoms with Gasteiger partial charge in [0.25, 0.3) is 0 Å². The fourth-order valence-corrected chi connectivity index (χ4v) is 3.20. The molecule has 0 N–H and O–H groups in total. The number of likely N-dealkylation sites (tertiary alicyclic amines) is 1. The van der Waals surface area contributed by atoms with Gasteiger partial charge in [0, 0.05) is 25.4 Å². The maximum Gasteiger partial charge on any atom is 0.137 e. The van der Waals surface area contributed by atoms with E-state index in [-0.39, 0.29) is 0 Å². The Kier molecular flexibility index (Phi) is 3.39. The van der Waals surface area contributed by atoms with E-state index in [1.807, 2.05) is 0 Å². The second-order valence-electron chi connectivity index (χ2n) is 6.69. The summed E-state index contributed by atoms with van der Waals surface area (Å²) in [7, 11) is 0. The van der Waals surface area contributed by atoms with E-state index >= 15 is 0 Å². The van der Waals surface area contributed by atoms with Crippen molar-refractivity contribution in [1.29, 1.82) is 0 Å². The van der Waals surface area contributed by atoms with Gasteiger partial charge >= 0.3 is 0 Å². The second kappa shape index (κ2) is 4.48. The lowest BCUT2D eigenvalue weighted by Crippen LogP contribution is -2.35. The molecule has 0 bridgehead atoms. The first-order chi connectivity index (χ1) is 7.46. The minimum Gasteiger partial charge on any atom is -0.302 e. The van der Waals surface area contributed by atoms with E-state index in [1.165, 1.54) is 19.5 Å². The summed E-state index contributed by atoms with van der Waals surface area (Å²) < 4.78 is 0. The molecule has 2 rings (SSSR count). The lowest BCUT2D eigenvalue weighted by atomic mass is 9.81. The van der Waals surface area contributed by atoms with Crippen molar-refractivity contribution in [2.24, 2.45) is 17.3 Å². The molecule has 0 spiro atoms. The molecule has 2 unspecified atom stereocenters. The van der Waals surface area contributed by atoms with Gasteiger partial charge in [-0.25, -0.2) is 0 Å². The van der Waals surface area contributed by atoms with E-state index in [9.17, 15) is 4.79 Å². The van der Waals surface area contributed by atoms with Gasteiger partial charge in [0.1, 0.15) is 5.78 Å². The number of Topliss-reactive ketones (excluding diaryl/α,β-unsaturated/α-hetero) is 1. The Morgan fingerprint density at radius 3 is 2.81 bits per heavy atom. The highest BCUT2D eigenvalue weighted by molar-refractivity contribution is 5.81. The zero-order valence-electron chi connectivity index (χ0n) is 11.0. The van der Waals surface area contributed by atoms with Crippen molar-refractivity contribution in [3.8, 4) is 0 Å². The van der Waals surface area contributed by atoms with Crippen molar-refractivity contribution >= 4 is 5.78 Å². The SMILES string of the molecule is CC1CCC(=O)C(CN2CCC(C)(C)C2)C1. The summed E-state index contributed by atoms with van der Waals surface area (Å²) >= 11 is 0. The number of hydrogen-bond donors (Lipinski definition) is 0. The predicted molar refractivity (Wildman–Crippen MR) is 66.4 cm³/mol. The molecule has 2 aliphatic rings. The summed E-state index contributed by atoms with van der Waals surface area (Å²) in [4.78, 5) is 14.4. The molecular formula is C14H25NO. The van der Waals surface area contributed by atoms with Crippen LogP contribution in [0.4, 0.5) is 0 Å². The molecule has 1 aliphatic heterocycles. The van der Waals surface area contributed by atoms with E-state index in [2.05, 4.69) is 25.7 Å². The molecule has 0 aromatic heterocycles. The molecule has 1 heterocycles. The highest BCUT2D eigenvalue weighted by Crippen LogP contribution is 2.32. The van der Waals surface area contributed by atoms with E-state index in [1.54, 1.807) is 0 Å². The number of ketones is 1. The van der Waals surface area contributed by atoms with Crippen LogP contribution in [-0.2, 0) is 4.79 Å². The van der Waals surface area contributed by atoms with Gasteiger partial charge in [-0.05, 0) is 37.1 Å². The quantitative estimate of drug-likeness (QED) is 0.717. The Bertz CT molecular complexity index is 272. The molecule has 2 heteroatoms. The fraction of sp³-hybridized carbons (Fsp3) is 0.929. The van der Waals surface area contributed by atoms with Crippen molar-refractivity contribution in [3.63, 3.8) is 0 Å². The fourth-order valence-electron chi connectivity index (χ4n) is 3.20. The number of hydrogen-bond acceptors (Lipinski definition) is 2. The molecule has 2 nitrogen and oxygen atoms in total. The largest absolute Gasteiger partial charge is 0.302 e. The van der Waals surface area contributed by atoms with Crippen LogP contribution in [0.15, 0.2) is 0 Å². The lowest BCUT2D eigenvalue weighted by Gasteiger charge is -2.29. The number of nitrogens with zero attached hydrogens (tertiary/aromatic N) is 1. The van der Waals surface area contributed by atoms with Crippen LogP contribution >= 0.6 is 0 Å². The first-order valence-corrected chi connectivity index (χ1v) is 6.71. The van der Waals surface area contributed by atoms with Gasteiger partial charge in [-0.3, -0.25) is 4.79 Å². The third kappa shape index (κ3) is 2.85. The van der Waals surface area contributed by atoms with Gasteiger partial charge in [-0.2, -0.15) is 0 Å². The van der Waals surface area contributed by atoms with Crippen molar-refractivity contribution < 1.29 is 4.79 Å². The summed E-state index contributed by atoms with van der Waals surface area (Å²) in [6.07, 6.45) is 4.34. The van der Waals surface area contributed by atoms with E-state index in [0.717, 1.165) is 31.7 Å². The van der Waals surface area contributed by atoms with Crippen molar-refractivity contribution in [1.82, 2.24) is 4.90 Å². The summed E-state index contributed by atoms with van der Waals surface area (Å²) in [5.74, 6) is 1.60. The van der Waals surface area contributed by atoms with Crippen LogP contribution in [0.25, 0.3) is 0 Å². The predicted octanol–water partition coefficient (Wildman–Crippen LogP) is 2.72. The summed E-state index contributed by atoms with van der Waals surface area (Å²) in [6.45, 7) is 10.3. The van der Waals surface area contributed by atoms with Gasteiger partial charge < -0.3 is 4.90 Å². The Labute approximate surface area is 99.4 Å². The van der Waals surface area contributed by atoms with Crippen LogP contribution < -0.4 is 0 Å². The normalized spacial score (nSPS) is 35.6. The number of carbonyl (C=O) groups is 1.